The van der Waals surface area contributed by atoms with Crippen LogP contribution in [0.2, 0.25) is 0 Å². The first-order valence-corrected chi connectivity index (χ1v) is 21.0. The number of rotatable bonds is 5. The summed E-state index contributed by atoms with van der Waals surface area (Å²) in [5.41, 5.74) is 9.81. The first-order chi connectivity index (χ1) is 30.7. The van der Waals surface area contributed by atoms with Gasteiger partial charge in [-0.1, -0.05) is 164 Å². The van der Waals surface area contributed by atoms with Gasteiger partial charge < -0.3 is 9.13 Å². The molecule has 288 valence electrons. The van der Waals surface area contributed by atoms with E-state index in [-0.39, 0.29) is 0 Å². The Kier molecular flexibility index (Phi) is 7.54. The molecule has 0 fully saturated rings. The van der Waals surface area contributed by atoms with Crippen LogP contribution in [0.4, 0.5) is 0 Å². The molecule has 0 unspecified atom stereocenters. The second-order valence-corrected chi connectivity index (χ2v) is 16.0. The van der Waals surface area contributed by atoms with Crippen molar-refractivity contribution >= 4 is 75.9 Å². The third kappa shape index (κ3) is 5.32. The fraction of sp³-hybridized carbons (Fsp3) is 0. The molecule has 13 aromatic rings. The van der Waals surface area contributed by atoms with Crippen LogP contribution in [0.15, 0.2) is 212 Å². The van der Waals surface area contributed by atoms with Crippen LogP contribution in [0.5, 0.6) is 0 Å². The average molecular weight is 790 g/mol. The molecular formula is C57H35N5. The van der Waals surface area contributed by atoms with Crippen molar-refractivity contribution in [3.05, 3.63) is 212 Å². The SMILES string of the molecule is c1ccc(-c2nc(-c3ccc4ccccc4c3)nc(-c3ccc4cc(-n5c6ccc7ccccc7c6c6ccc7c8ccccc8n(-c8ccccc8)c7c65)ccc4c3)n2)cc1. The molecule has 0 N–H and O–H groups in total. The third-order valence-corrected chi connectivity index (χ3v) is 12.5. The number of nitrogens with zero attached hydrogens (tertiary/aromatic N) is 5. The zero-order valence-electron chi connectivity index (χ0n) is 33.4. The van der Waals surface area contributed by atoms with Crippen LogP contribution in [0.3, 0.4) is 0 Å². The highest BCUT2D eigenvalue weighted by atomic mass is 15.1. The molecule has 5 nitrogen and oxygen atoms in total. The molecule has 13 rings (SSSR count). The molecule has 0 saturated heterocycles. The summed E-state index contributed by atoms with van der Waals surface area (Å²) in [5, 5.41) is 12.0. The summed E-state index contributed by atoms with van der Waals surface area (Å²) in [7, 11) is 0. The fourth-order valence-electron chi connectivity index (χ4n) is 9.62. The van der Waals surface area contributed by atoms with E-state index in [1.54, 1.807) is 0 Å². The van der Waals surface area contributed by atoms with Crippen LogP contribution in [-0.2, 0) is 0 Å². The number of para-hydroxylation sites is 2. The first-order valence-electron chi connectivity index (χ1n) is 21.0. The molecular weight excluding hydrogens is 755 g/mol. The van der Waals surface area contributed by atoms with E-state index in [1.165, 1.54) is 59.8 Å². The third-order valence-electron chi connectivity index (χ3n) is 12.5. The Balaban J connectivity index is 1.03. The average Bonchev–Trinajstić information content (AvgIpc) is 3.87. The van der Waals surface area contributed by atoms with Crippen LogP contribution in [0.1, 0.15) is 0 Å². The van der Waals surface area contributed by atoms with Gasteiger partial charge in [-0.2, -0.15) is 0 Å². The topological polar surface area (TPSA) is 48.5 Å². The van der Waals surface area contributed by atoms with Crippen LogP contribution in [0, 0.1) is 0 Å². The van der Waals surface area contributed by atoms with E-state index in [9.17, 15) is 0 Å². The van der Waals surface area contributed by atoms with Gasteiger partial charge in [-0.25, -0.2) is 15.0 Å². The molecule has 10 aromatic carbocycles. The Morgan fingerprint density at radius 3 is 1.56 bits per heavy atom. The molecule has 62 heavy (non-hydrogen) atoms. The first kappa shape index (κ1) is 34.5. The zero-order chi connectivity index (χ0) is 40.7. The summed E-state index contributed by atoms with van der Waals surface area (Å²) < 4.78 is 4.93. The highest BCUT2D eigenvalue weighted by Crippen LogP contribution is 2.44. The highest BCUT2D eigenvalue weighted by molar-refractivity contribution is 6.28. The molecule has 0 saturated carbocycles. The van der Waals surface area contributed by atoms with Crippen molar-refractivity contribution in [2.24, 2.45) is 0 Å². The van der Waals surface area contributed by atoms with Crippen LogP contribution in [0.25, 0.3) is 121 Å². The van der Waals surface area contributed by atoms with Crippen LogP contribution in [-0.4, -0.2) is 24.1 Å². The maximum absolute atomic E-state index is 5.12. The second kappa shape index (κ2) is 13.6. The summed E-state index contributed by atoms with van der Waals surface area (Å²) >= 11 is 0. The smallest absolute Gasteiger partial charge is 0.164 e. The molecule has 0 spiro atoms. The quantitative estimate of drug-likeness (QED) is 0.174. The van der Waals surface area contributed by atoms with Gasteiger partial charge in [0, 0.05) is 49.6 Å². The van der Waals surface area contributed by atoms with Crippen molar-refractivity contribution in [2.45, 2.75) is 0 Å². The molecule has 0 amide bonds. The molecule has 0 aliphatic rings. The minimum absolute atomic E-state index is 0.637. The summed E-state index contributed by atoms with van der Waals surface area (Å²) in [6.45, 7) is 0. The number of fused-ring (bicyclic) bond motifs is 11. The predicted octanol–water partition coefficient (Wildman–Crippen LogP) is 14.5. The van der Waals surface area contributed by atoms with E-state index >= 15 is 0 Å². The summed E-state index contributed by atoms with van der Waals surface area (Å²) in [6.07, 6.45) is 0. The molecule has 0 aliphatic heterocycles. The van der Waals surface area contributed by atoms with Gasteiger partial charge in [0.25, 0.3) is 0 Å². The van der Waals surface area contributed by atoms with Crippen molar-refractivity contribution in [3.63, 3.8) is 0 Å². The van der Waals surface area contributed by atoms with Gasteiger partial charge in [0.15, 0.2) is 17.5 Å². The molecule has 3 aromatic heterocycles. The number of hydrogen-bond acceptors (Lipinski definition) is 3. The number of aromatic nitrogens is 5. The molecule has 0 aliphatic carbocycles. The lowest BCUT2D eigenvalue weighted by molar-refractivity contribution is 1.07. The Labute approximate surface area is 356 Å². The molecule has 5 heteroatoms. The van der Waals surface area contributed by atoms with Crippen molar-refractivity contribution < 1.29 is 0 Å². The molecule has 3 heterocycles. The maximum atomic E-state index is 5.12. The van der Waals surface area contributed by atoms with E-state index in [4.69, 9.17) is 15.0 Å². The lowest BCUT2D eigenvalue weighted by Gasteiger charge is -2.13. The van der Waals surface area contributed by atoms with E-state index in [1.807, 2.05) is 18.2 Å². The van der Waals surface area contributed by atoms with Gasteiger partial charge in [0.05, 0.1) is 22.1 Å². The minimum atomic E-state index is 0.637. The van der Waals surface area contributed by atoms with Crippen molar-refractivity contribution in [3.8, 4) is 45.5 Å². The van der Waals surface area contributed by atoms with E-state index in [2.05, 4.69) is 203 Å². The second-order valence-electron chi connectivity index (χ2n) is 16.0. The standard InChI is InChI=1S/C57H35N5/c1-3-15-38(16-4-1)55-58-56(42-25-23-36-13-7-8-17-39(36)33-42)60-57(59-55)43-26-24-41-35-45(29-27-40(41)34-43)62-51-32-28-37-14-9-10-20-46(37)52(51)49-31-30-48-47-21-11-12-22-50(47)61(53(48)54(49)62)44-18-5-2-6-19-44/h1-35H. The van der Waals surface area contributed by atoms with Gasteiger partial charge in [-0.05, 0) is 80.8 Å². The molecule has 0 atom stereocenters. The van der Waals surface area contributed by atoms with Crippen molar-refractivity contribution in [1.82, 2.24) is 24.1 Å². The monoisotopic (exact) mass is 789 g/mol. The van der Waals surface area contributed by atoms with Gasteiger partial charge in [0.2, 0.25) is 0 Å². The fourth-order valence-corrected chi connectivity index (χ4v) is 9.62. The molecule has 0 bridgehead atoms. The van der Waals surface area contributed by atoms with Crippen molar-refractivity contribution in [1.29, 1.82) is 0 Å². The number of hydrogen-bond donors (Lipinski definition) is 0. The predicted molar refractivity (Wildman–Crippen MR) is 257 cm³/mol. The summed E-state index contributed by atoms with van der Waals surface area (Å²) in [5.74, 6) is 1.93. The highest BCUT2D eigenvalue weighted by Gasteiger charge is 2.23. The Bertz CT molecular complexity index is 3920. The molecule has 0 radical (unpaired) electrons. The zero-order valence-corrected chi connectivity index (χ0v) is 33.4. The minimum Gasteiger partial charge on any atom is -0.307 e. The Morgan fingerprint density at radius 1 is 0.274 bits per heavy atom. The van der Waals surface area contributed by atoms with Crippen LogP contribution >= 0.6 is 0 Å². The van der Waals surface area contributed by atoms with Crippen LogP contribution < -0.4 is 0 Å². The van der Waals surface area contributed by atoms with Gasteiger partial charge in [0.1, 0.15) is 0 Å². The normalized spacial score (nSPS) is 11.9. The van der Waals surface area contributed by atoms with E-state index in [0.717, 1.165) is 44.2 Å². The van der Waals surface area contributed by atoms with Gasteiger partial charge in [-0.15, -0.1) is 0 Å². The van der Waals surface area contributed by atoms with Crippen molar-refractivity contribution in [2.75, 3.05) is 0 Å². The lowest BCUT2D eigenvalue weighted by Crippen LogP contribution is -2.00. The lowest BCUT2D eigenvalue weighted by atomic mass is 10.0. The maximum Gasteiger partial charge on any atom is 0.164 e. The summed E-state index contributed by atoms with van der Waals surface area (Å²) in [6, 6.07) is 75.8. The number of benzene rings is 10. The van der Waals surface area contributed by atoms with E-state index < -0.39 is 0 Å². The Hall–Kier alpha value is -8.41. The van der Waals surface area contributed by atoms with Gasteiger partial charge in [-0.3, -0.25) is 0 Å². The van der Waals surface area contributed by atoms with E-state index in [0.29, 0.717) is 17.5 Å². The largest absolute Gasteiger partial charge is 0.307 e. The summed E-state index contributed by atoms with van der Waals surface area (Å²) in [4.78, 5) is 15.2. The Morgan fingerprint density at radius 2 is 0.790 bits per heavy atom. The van der Waals surface area contributed by atoms with Gasteiger partial charge >= 0.3 is 0 Å².